The number of thiophene rings is 1. The van der Waals surface area contributed by atoms with Gasteiger partial charge in [-0.15, -0.1) is 11.3 Å². The van der Waals surface area contributed by atoms with Crippen LogP contribution in [0.2, 0.25) is 5.02 Å². The van der Waals surface area contributed by atoms with E-state index < -0.39 is 0 Å². The number of carbonyl (C=O) groups is 1. The summed E-state index contributed by atoms with van der Waals surface area (Å²) in [5.41, 5.74) is 2.30. The maximum Gasteiger partial charge on any atom is 0.261 e. The molecule has 0 saturated heterocycles. The molecule has 1 N–H and O–H groups in total. The molecule has 146 valence electrons. The molecule has 4 rings (SSSR count). The maximum absolute atomic E-state index is 12.4. The van der Waals surface area contributed by atoms with E-state index in [0.29, 0.717) is 33.0 Å². The van der Waals surface area contributed by atoms with Crippen molar-refractivity contribution in [3.05, 3.63) is 64.6 Å². The van der Waals surface area contributed by atoms with Gasteiger partial charge in [0.15, 0.2) is 0 Å². The summed E-state index contributed by atoms with van der Waals surface area (Å²) in [6, 6.07) is 13.0. The molecule has 9 heteroatoms. The Balaban J connectivity index is 1.47. The molecule has 4 aromatic rings. The minimum atomic E-state index is -0.179. The lowest BCUT2D eigenvalue weighted by atomic mass is 10.2. The number of pyridine rings is 1. The second kappa shape index (κ2) is 8.77. The fraction of sp³-hybridized carbons (Fsp3) is 0.100. The van der Waals surface area contributed by atoms with Crippen LogP contribution in [-0.4, -0.2) is 26.8 Å². The number of aryl methyl sites for hydroxylation is 1. The third kappa shape index (κ3) is 4.67. The predicted octanol–water partition coefficient (Wildman–Crippen LogP) is 5.55. The van der Waals surface area contributed by atoms with Crippen molar-refractivity contribution in [2.75, 3.05) is 11.1 Å². The first-order chi connectivity index (χ1) is 14.1. The van der Waals surface area contributed by atoms with Gasteiger partial charge in [0.2, 0.25) is 11.7 Å². The fourth-order valence-electron chi connectivity index (χ4n) is 2.55. The fourth-order valence-corrected chi connectivity index (χ4v) is 4.27. The Labute approximate surface area is 180 Å². The highest BCUT2D eigenvalue weighted by Crippen LogP contribution is 2.31. The minimum Gasteiger partial charge on any atom is -0.333 e. The Morgan fingerprint density at radius 2 is 2.17 bits per heavy atom. The SMILES string of the molecule is Cc1ccc(NC(=O)CSc2ncccc2-c2nc(-c3cccs3)no2)c(Cl)c1. The van der Waals surface area contributed by atoms with Gasteiger partial charge in [-0.1, -0.05) is 40.7 Å². The van der Waals surface area contributed by atoms with E-state index in [4.69, 9.17) is 16.1 Å². The number of thioether (sulfide) groups is 1. The Bertz CT molecular complexity index is 1150. The number of benzene rings is 1. The van der Waals surface area contributed by atoms with Crippen molar-refractivity contribution < 1.29 is 9.32 Å². The van der Waals surface area contributed by atoms with E-state index in [1.54, 1.807) is 18.3 Å². The molecule has 0 aliphatic heterocycles. The third-order valence-corrected chi connectivity index (χ3v) is 6.09. The first-order valence-corrected chi connectivity index (χ1v) is 10.9. The second-order valence-corrected chi connectivity index (χ2v) is 8.40. The summed E-state index contributed by atoms with van der Waals surface area (Å²) in [6.07, 6.45) is 1.66. The van der Waals surface area contributed by atoms with Crippen LogP contribution < -0.4 is 5.32 Å². The van der Waals surface area contributed by atoms with Gasteiger partial charge in [-0.25, -0.2) is 4.98 Å². The van der Waals surface area contributed by atoms with Crippen LogP contribution in [0.1, 0.15) is 5.56 Å². The van der Waals surface area contributed by atoms with E-state index in [2.05, 4.69) is 20.4 Å². The number of hydrogen-bond acceptors (Lipinski definition) is 7. The lowest BCUT2D eigenvalue weighted by molar-refractivity contribution is -0.113. The third-order valence-electron chi connectivity index (χ3n) is 3.91. The number of hydrogen-bond donors (Lipinski definition) is 1. The summed E-state index contributed by atoms with van der Waals surface area (Å²) in [5, 5.41) is 9.96. The number of anilines is 1. The van der Waals surface area contributed by atoms with E-state index in [9.17, 15) is 4.79 Å². The van der Waals surface area contributed by atoms with Crippen LogP contribution in [0.25, 0.3) is 22.2 Å². The van der Waals surface area contributed by atoms with Crippen molar-refractivity contribution in [1.29, 1.82) is 0 Å². The van der Waals surface area contributed by atoms with Crippen LogP contribution in [0.4, 0.5) is 5.69 Å². The molecule has 3 heterocycles. The summed E-state index contributed by atoms with van der Waals surface area (Å²) in [7, 11) is 0. The number of carbonyl (C=O) groups excluding carboxylic acids is 1. The number of nitrogens with zero attached hydrogens (tertiary/aromatic N) is 3. The van der Waals surface area contributed by atoms with Crippen LogP contribution in [0.3, 0.4) is 0 Å². The highest BCUT2D eigenvalue weighted by Gasteiger charge is 2.17. The molecule has 0 unspecified atom stereocenters. The smallest absolute Gasteiger partial charge is 0.261 e. The van der Waals surface area contributed by atoms with E-state index in [1.165, 1.54) is 23.1 Å². The molecule has 0 saturated carbocycles. The Kier molecular flexibility index (Phi) is 5.94. The van der Waals surface area contributed by atoms with E-state index in [0.717, 1.165) is 10.4 Å². The van der Waals surface area contributed by atoms with Gasteiger partial charge < -0.3 is 9.84 Å². The topological polar surface area (TPSA) is 80.9 Å². The van der Waals surface area contributed by atoms with Crippen molar-refractivity contribution in [2.45, 2.75) is 11.9 Å². The lowest BCUT2D eigenvalue weighted by Gasteiger charge is -2.08. The summed E-state index contributed by atoms with van der Waals surface area (Å²) >= 11 is 9.01. The number of amides is 1. The molecular weight excluding hydrogens is 428 g/mol. The quantitative estimate of drug-likeness (QED) is 0.394. The monoisotopic (exact) mass is 442 g/mol. The van der Waals surface area contributed by atoms with Crippen molar-refractivity contribution in [3.63, 3.8) is 0 Å². The molecule has 0 radical (unpaired) electrons. The molecule has 1 aromatic carbocycles. The molecule has 0 bridgehead atoms. The van der Waals surface area contributed by atoms with E-state index in [-0.39, 0.29) is 11.7 Å². The van der Waals surface area contributed by atoms with Crippen LogP contribution >= 0.6 is 34.7 Å². The standard InChI is InChI=1S/C20H15ClN4O2S2/c1-12-6-7-15(14(21)10-12)23-17(26)11-29-20-13(4-2-8-22-20)19-24-18(25-27-19)16-5-3-9-28-16/h2-10H,11H2,1H3,(H,23,26). The van der Waals surface area contributed by atoms with Gasteiger partial charge in [0.25, 0.3) is 5.89 Å². The Morgan fingerprint density at radius 1 is 1.28 bits per heavy atom. The molecule has 6 nitrogen and oxygen atoms in total. The normalized spacial score (nSPS) is 10.8. The van der Waals surface area contributed by atoms with Crippen molar-refractivity contribution in [1.82, 2.24) is 15.1 Å². The van der Waals surface area contributed by atoms with E-state index in [1.807, 2.05) is 42.6 Å². The zero-order valence-corrected chi connectivity index (χ0v) is 17.6. The van der Waals surface area contributed by atoms with Gasteiger partial charge in [-0.2, -0.15) is 4.98 Å². The maximum atomic E-state index is 12.4. The molecule has 0 atom stereocenters. The first-order valence-electron chi connectivity index (χ1n) is 8.62. The van der Waals surface area contributed by atoms with Gasteiger partial charge in [0.05, 0.1) is 26.9 Å². The van der Waals surface area contributed by atoms with Crippen molar-refractivity contribution in [2.24, 2.45) is 0 Å². The van der Waals surface area contributed by atoms with Gasteiger partial charge in [-0.05, 0) is 48.2 Å². The molecule has 1 amide bonds. The van der Waals surface area contributed by atoms with Gasteiger partial charge >= 0.3 is 0 Å². The summed E-state index contributed by atoms with van der Waals surface area (Å²) < 4.78 is 5.42. The summed E-state index contributed by atoms with van der Waals surface area (Å²) in [4.78, 5) is 22.1. The largest absolute Gasteiger partial charge is 0.333 e. The molecular formula is C20H15ClN4O2S2. The molecule has 29 heavy (non-hydrogen) atoms. The average Bonchev–Trinajstić information content (AvgIpc) is 3.40. The van der Waals surface area contributed by atoms with Gasteiger partial charge in [0, 0.05) is 6.20 Å². The zero-order chi connectivity index (χ0) is 20.2. The average molecular weight is 443 g/mol. The molecule has 0 aliphatic rings. The number of rotatable bonds is 6. The number of halogens is 1. The van der Waals surface area contributed by atoms with Gasteiger partial charge in [0.1, 0.15) is 5.03 Å². The number of nitrogens with one attached hydrogen (secondary N) is 1. The highest BCUT2D eigenvalue weighted by molar-refractivity contribution is 8.00. The molecule has 0 fully saturated rings. The zero-order valence-electron chi connectivity index (χ0n) is 15.3. The number of aromatic nitrogens is 3. The van der Waals surface area contributed by atoms with Gasteiger partial charge in [-0.3, -0.25) is 4.79 Å². The van der Waals surface area contributed by atoms with Crippen LogP contribution in [0.15, 0.2) is 63.6 Å². The molecule has 0 aliphatic carbocycles. The van der Waals surface area contributed by atoms with E-state index >= 15 is 0 Å². The molecule has 0 spiro atoms. The Morgan fingerprint density at radius 3 is 2.97 bits per heavy atom. The summed E-state index contributed by atoms with van der Waals surface area (Å²) in [6.45, 7) is 1.94. The predicted molar refractivity (Wildman–Crippen MR) is 116 cm³/mol. The second-order valence-electron chi connectivity index (χ2n) is 6.08. The van der Waals surface area contributed by atoms with Crippen LogP contribution in [0.5, 0.6) is 0 Å². The highest BCUT2D eigenvalue weighted by atomic mass is 35.5. The lowest BCUT2D eigenvalue weighted by Crippen LogP contribution is -2.14. The van der Waals surface area contributed by atoms with Crippen LogP contribution in [-0.2, 0) is 4.79 Å². The first kappa shape index (κ1) is 19.6. The summed E-state index contributed by atoms with van der Waals surface area (Å²) in [5.74, 6) is 0.884. The minimum absolute atomic E-state index is 0.167. The Hall–Kier alpha value is -2.68. The van der Waals surface area contributed by atoms with Crippen LogP contribution in [0, 0.1) is 6.92 Å². The van der Waals surface area contributed by atoms with Crippen molar-refractivity contribution >= 4 is 46.3 Å². The van der Waals surface area contributed by atoms with Crippen molar-refractivity contribution in [3.8, 4) is 22.2 Å². The molecule has 3 aromatic heterocycles.